The van der Waals surface area contributed by atoms with Crippen LogP contribution in [-0.4, -0.2) is 16.7 Å². The normalized spacial score (nSPS) is 12.9. The van der Waals surface area contributed by atoms with Crippen molar-refractivity contribution in [3.05, 3.63) is 69.7 Å². The third-order valence-electron chi connectivity index (χ3n) is 3.11. The summed E-state index contributed by atoms with van der Waals surface area (Å²) >= 11 is 2.83. The Morgan fingerprint density at radius 3 is 2.25 bits per heavy atom. The van der Waals surface area contributed by atoms with Crippen molar-refractivity contribution in [3.63, 3.8) is 0 Å². The van der Waals surface area contributed by atoms with Crippen molar-refractivity contribution in [2.45, 2.75) is 24.5 Å². The molecule has 2 aromatic carbocycles. The number of hydrogen-bond donors (Lipinski definition) is 0. The second kappa shape index (κ2) is 8.18. The smallest absolute Gasteiger partial charge is 0.354 e. The lowest BCUT2D eigenvalue weighted by Crippen LogP contribution is -2.25. The van der Waals surface area contributed by atoms with Gasteiger partial charge in [-0.2, -0.15) is 13.2 Å². The van der Waals surface area contributed by atoms with Crippen LogP contribution in [0, 0.1) is 6.92 Å². The summed E-state index contributed by atoms with van der Waals surface area (Å²) in [6.45, 7) is 1.75. The van der Waals surface area contributed by atoms with Gasteiger partial charge in [-0.1, -0.05) is 57.9 Å². The van der Waals surface area contributed by atoms with Crippen LogP contribution < -0.4 is 0 Å². The van der Waals surface area contributed by atoms with Crippen LogP contribution in [0.15, 0.2) is 53.0 Å². The monoisotopic (exact) mass is 418 g/mol. The number of benzene rings is 2. The number of aryl methyl sites for hydroxylation is 1. The predicted molar refractivity (Wildman–Crippen MR) is 91.9 cm³/mol. The van der Waals surface area contributed by atoms with Gasteiger partial charge in [-0.3, -0.25) is 4.79 Å². The number of thioether (sulfide) groups is 1. The average Bonchev–Trinajstić information content (AvgIpc) is 2.52. The van der Waals surface area contributed by atoms with Gasteiger partial charge in [0.1, 0.15) is 0 Å². The quantitative estimate of drug-likeness (QED) is 0.442. The van der Waals surface area contributed by atoms with Gasteiger partial charge in [0.05, 0.1) is 6.61 Å². The molecule has 0 aromatic heterocycles. The molecule has 24 heavy (non-hydrogen) atoms. The summed E-state index contributed by atoms with van der Waals surface area (Å²) in [5.41, 5.74) is -4.41. The van der Waals surface area contributed by atoms with Crippen LogP contribution in [0.1, 0.15) is 21.5 Å². The number of carbonyl (C=O) groups excluding carboxylic acids is 1. The average molecular weight is 419 g/mol. The minimum Gasteiger partial charge on any atom is -0.354 e. The number of ketones is 1. The lowest BCUT2D eigenvalue weighted by Gasteiger charge is -2.18. The molecule has 0 aliphatic heterocycles. The maximum absolute atomic E-state index is 12.7. The molecule has 0 aliphatic rings. The van der Waals surface area contributed by atoms with E-state index in [1.807, 2.05) is 6.92 Å². The molecule has 2 rings (SSSR count). The summed E-state index contributed by atoms with van der Waals surface area (Å²) in [5.74, 6) is -0.700. The molecule has 0 fully saturated rings. The number of ether oxygens (including phenoxy) is 1. The molecule has 0 saturated heterocycles. The Bertz CT molecular complexity index is 684. The van der Waals surface area contributed by atoms with Crippen molar-refractivity contribution < 1.29 is 22.7 Å². The lowest BCUT2D eigenvalue weighted by atomic mass is 10.1. The van der Waals surface area contributed by atoms with Crippen LogP contribution in [0.2, 0.25) is 0 Å². The third-order valence-corrected chi connectivity index (χ3v) is 4.47. The molecule has 1 atom stereocenters. The van der Waals surface area contributed by atoms with E-state index in [-0.39, 0.29) is 12.2 Å². The van der Waals surface area contributed by atoms with Crippen LogP contribution in [0.3, 0.4) is 0 Å². The van der Waals surface area contributed by atoms with E-state index in [0.29, 0.717) is 5.56 Å². The van der Waals surface area contributed by atoms with Crippen molar-refractivity contribution in [1.82, 2.24) is 0 Å². The number of halogens is 4. The van der Waals surface area contributed by atoms with Crippen LogP contribution in [0.4, 0.5) is 13.2 Å². The summed E-state index contributed by atoms with van der Waals surface area (Å²) in [4.78, 5) is 12.4. The second-order valence-electron chi connectivity index (χ2n) is 5.06. The first-order valence-electron chi connectivity index (χ1n) is 6.96. The van der Waals surface area contributed by atoms with Gasteiger partial charge in [0, 0.05) is 10.0 Å². The SMILES string of the molecule is Cc1ccc(C(=O)C(OCc2ccc(Br)cc2)SC(F)(F)F)cc1. The van der Waals surface area contributed by atoms with Crippen molar-refractivity contribution in [2.24, 2.45) is 0 Å². The molecular weight excluding hydrogens is 405 g/mol. The molecule has 0 spiro atoms. The molecule has 1 unspecified atom stereocenters. The number of rotatable bonds is 6. The molecule has 7 heteroatoms. The first-order valence-corrected chi connectivity index (χ1v) is 8.63. The van der Waals surface area contributed by atoms with Crippen LogP contribution >= 0.6 is 27.7 Å². The zero-order valence-corrected chi connectivity index (χ0v) is 15.0. The van der Waals surface area contributed by atoms with E-state index in [1.165, 1.54) is 12.1 Å². The largest absolute Gasteiger partial charge is 0.444 e. The minimum atomic E-state index is -4.56. The minimum absolute atomic E-state index is 0.0847. The van der Waals surface area contributed by atoms with Gasteiger partial charge in [0.2, 0.25) is 5.78 Å². The Morgan fingerprint density at radius 2 is 1.71 bits per heavy atom. The summed E-state index contributed by atoms with van der Waals surface area (Å²) < 4.78 is 44.4. The van der Waals surface area contributed by atoms with Crippen molar-refractivity contribution in [3.8, 4) is 0 Å². The van der Waals surface area contributed by atoms with Gasteiger partial charge in [-0.15, -0.1) is 0 Å². The van der Waals surface area contributed by atoms with Gasteiger partial charge in [-0.25, -0.2) is 0 Å². The van der Waals surface area contributed by atoms with E-state index in [4.69, 9.17) is 4.74 Å². The van der Waals surface area contributed by atoms with Gasteiger partial charge >= 0.3 is 5.51 Å². The molecule has 0 amide bonds. The fourth-order valence-corrected chi connectivity index (χ4v) is 2.78. The molecule has 128 valence electrons. The van der Waals surface area contributed by atoms with Gasteiger partial charge < -0.3 is 4.74 Å². The molecule has 0 saturated carbocycles. The first kappa shape index (κ1) is 19.0. The maximum atomic E-state index is 12.7. The second-order valence-corrected chi connectivity index (χ2v) is 7.11. The van der Waals surface area contributed by atoms with E-state index < -0.39 is 28.5 Å². The van der Waals surface area contributed by atoms with Crippen molar-refractivity contribution in [2.75, 3.05) is 0 Å². The Hall–Kier alpha value is -1.31. The van der Waals surface area contributed by atoms with Gasteiger partial charge in [-0.05, 0) is 36.4 Å². The zero-order valence-electron chi connectivity index (χ0n) is 12.6. The highest BCUT2D eigenvalue weighted by molar-refractivity contribution is 9.10. The zero-order chi connectivity index (χ0) is 17.7. The highest BCUT2D eigenvalue weighted by Gasteiger charge is 2.37. The summed E-state index contributed by atoms with van der Waals surface area (Å²) in [6.07, 6.45) is 0. The molecular formula is C17H14BrF3O2S. The number of carbonyl (C=O) groups is 1. The Labute approximate surface area is 150 Å². The molecule has 2 aromatic rings. The van der Waals surface area contributed by atoms with Gasteiger partial charge in [0.15, 0.2) is 5.44 Å². The predicted octanol–water partition coefficient (Wildman–Crippen LogP) is 5.74. The number of Topliss-reactive ketones (excluding diaryl/α,β-unsaturated/α-hetero) is 1. The fraction of sp³-hybridized carbons (Fsp3) is 0.235. The van der Waals surface area contributed by atoms with Crippen LogP contribution in [0.25, 0.3) is 0 Å². The number of alkyl halides is 3. The summed E-state index contributed by atoms with van der Waals surface area (Å²) in [6, 6.07) is 13.3. The molecule has 2 nitrogen and oxygen atoms in total. The molecule has 0 aliphatic carbocycles. The first-order chi connectivity index (χ1) is 11.2. The van der Waals surface area contributed by atoms with E-state index >= 15 is 0 Å². The van der Waals surface area contributed by atoms with E-state index in [1.54, 1.807) is 36.4 Å². The van der Waals surface area contributed by atoms with E-state index in [9.17, 15) is 18.0 Å². The van der Waals surface area contributed by atoms with Crippen LogP contribution in [-0.2, 0) is 11.3 Å². The molecule has 0 radical (unpaired) electrons. The Balaban J connectivity index is 2.13. The number of hydrogen-bond acceptors (Lipinski definition) is 3. The molecule has 0 bridgehead atoms. The van der Waals surface area contributed by atoms with Gasteiger partial charge in [0.25, 0.3) is 0 Å². The van der Waals surface area contributed by atoms with Crippen molar-refractivity contribution >= 4 is 33.5 Å². The third kappa shape index (κ3) is 5.96. The molecule has 0 N–H and O–H groups in total. The standard InChI is InChI=1S/C17H14BrF3O2S/c1-11-2-6-13(7-3-11)15(22)16(24-17(19,20)21)23-10-12-4-8-14(18)9-5-12/h2-9,16H,10H2,1H3. The highest BCUT2D eigenvalue weighted by Crippen LogP contribution is 2.36. The summed E-state index contributed by atoms with van der Waals surface area (Å²) in [5, 5.41) is 0. The van der Waals surface area contributed by atoms with E-state index in [2.05, 4.69) is 15.9 Å². The highest BCUT2D eigenvalue weighted by atomic mass is 79.9. The molecule has 0 heterocycles. The Kier molecular flexibility index (Phi) is 6.48. The maximum Gasteiger partial charge on any atom is 0.444 e. The fourth-order valence-electron chi connectivity index (χ4n) is 1.89. The summed E-state index contributed by atoms with van der Waals surface area (Å²) in [7, 11) is 0. The topological polar surface area (TPSA) is 26.3 Å². The van der Waals surface area contributed by atoms with Crippen LogP contribution in [0.5, 0.6) is 0 Å². The van der Waals surface area contributed by atoms with Crippen molar-refractivity contribution in [1.29, 1.82) is 0 Å². The van der Waals surface area contributed by atoms with E-state index in [0.717, 1.165) is 10.0 Å². The lowest BCUT2D eigenvalue weighted by molar-refractivity contribution is -0.0370. The Morgan fingerprint density at radius 1 is 1.12 bits per heavy atom.